The lowest BCUT2D eigenvalue weighted by Crippen LogP contribution is -2.16. The van der Waals surface area contributed by atoms with E-state index in [1.807, 2.05) is 6.92 Å². The molecule has 0 spiro atoms. The van der Waals surface area contributed by atoms with Crippen LogP contribution in [0.25, 0.3) is 0 Å². The van der Waals surface area contributed by atoms with Gasteiger partial charge in [-0.2, -0.15) is 0 Å². The van der Waals surface area contributed by atoms with E-state index in [-0.39, 0.29) is 0 Å². The maximum Gasteiger partial charge on any atom is 0.188 e. The highest BCUT2D eigenvalue weighted by atomic mass is 19.1. The fraction of sp³-hybridized carbons (Fsp3) is 0.600. The maximum absolute atomic E-state index is 13.4. The Kier molecular flexibility index (Phi) is 4.61. The Balaban J connectivity index is 4.06. The van der Waals surface area contributed by atoms with E-state index in [0.29, 0.717) is 6.42 Å². The van der Waals surface area contributed by atoms with E-state index in [1.165, 1.54) is 6.08 Å². The first-order chi connectivity index (χ1) is 5.18. The van der Waals surface area contributed by atoms with Crippen LogP contribution in [-0.2, 0) is 0 Å². The number of halogens is 1. The van der Waals surface area contributed by atoms with Crippen LogP contribution >= 0.6 is 0 Å². The molecule has 0 saturated heterocycles. The van der Waals surface area contributed by atoms with Crippen molar-refractivity contribution in [2.24, 2.45) is 0 Å². The van der Waals surface area contributed by atoms with Crippen molar-refractivity contribution in [3.8, 4) is 11.8 Å². The summed E-state index contributed by atoms with van der Waals surface area (Å²) in [6, 6.07) is 0. The van der Waals surface area contributed by atoms with E-state index >= 15 is 0 Å². The zero-order chi connectivity index (χ0) is 8.74. The summed E-state index contributed by atoms with van der Waals surface area (Å²) in [5.41, 5.74) is -1.45. The van der Waals surface area contributed by atoms with E-state index in [1.54, 1.807) is 6.92 Å². The maximum atomic E-state index is 13.4. The molecule has 0 rings (SSSR count). The second kappa shape index (κ2) is 4.96. The van der Waals surface area contributed by atoms with Gasteiger partial charge in [-0.15, -0.1) is 5.92 Å². The van der Waals surface area contributed by atoms with Crippen molar-refractivity contribution in [3.63, 3.8) is 0 Å². The van der Waals surface area contributed by atoms with E-state index in [2.05, 4.69) is 18.4 Å². The molecule has 0 bridgehead atoms. The summed E-state index contributed by atoms with van der Waals surface area (Å²) in [7, 11) is 0. The van der Waals surface area contributed by atoms with Crippen molar-refractivity contribution in [1.29, 1.82) is 0 Å². The molecule has 0 aliphatic rings. The van der Waals surface area contributed by atoms with Crippen LogP contribution in [0, 0.1) is 11.8 Å². The Morgan fingerprint density at radius 1 is 1.64 bits per heavy atom. The first-order valence-electron chi connectivity index (χ1n) is 3.95. The van der Waals surface area contributed by atoms with Crippen molar-refractivity contribution >= 4 is 0 Å². The fourth-order valence-electron chi connectivity index (χ4n) is 0.857. The lowest BCUT2D eigenvalue weighted by molar-refractivity contribution is 0.286. The van der Waals surface area contributed by atoms with Gasteiger partial charge in [-0.25, -0.2) is 4.39 Å². The van der Waals surface area contributed by atoms with Crippen molar-refractivity contribution < 1.29 is 4.39 Å². The summed E-state index contributed by atoms with van der Waals surface area (Å²) in [5, 5.41) is 0. The average molecular weight is 154 g/mol. The van der Waals surface area contributed by atoms with Gasteiger partial charge in [-0.1, -0.05) is 25.8 Å². The molecule has 1 heteroatoms. The predicted octanol–water partition coefficient (Wildman–Crippen LogP) is 3.09. The largest absolute Gasteiger partial charge is 0.225 e. The molecular weight excluding hydrogens is 139 g/mol. The number of hydrogen-bond donors (Lipinski definition) is 0. The third-order valence-electron chi connectivity index (χ3n) is 1.55. The lowest BCUT2D eigenvalue weighted by Gasteiger charge is -2.12. The lowest BCUT2D eigenvalue weighted by atomic mass is 10.00. The van der Waals surface area contributed by atoms with Gasteiger partial charge in [0, 0.05) is 0 Å². The van der Waals surface area contributed by atoms with Gasteiger partial charge in [0.2, 0.25) is 0 Å². The molecule has 0 heterocycles. The van der Waals surface area contributed by atoms with E-state index in [9.17, 15) is 4.39 Å². The smallest absolute Gasteiger partial charge is 0.188 e. The Bertz CT molecular complexity index is 173. The molecule has 0 N–H and O–H groups in total. The number of allylic oxidation sites excluding steroid dienone is 1. The van der Waals surface area contributed by atoms with Crippen molar-refractivity contribution in [2.45, 2.75) is 38.8 Å². The molecule has 0 fully saturated rings. The van der Waals surface area contributed by atoms with Gasteiger partial charge in [0.25, 0.3) is 0 Å². The molecule has 0 nitrogen and oxygen atoms in total. The Morgan fingerprint density at radius 3 is 2.64 bits per heavy atom. The second-order valence-electron chi connectivity index (χ2n) is 2.55. The average Bonchev–Trinajstić information content (AvgIpc) is 2.02. The number of rotatable bonds is 4. The minimum Gasteiger partial charge on any atom is -0.225 e. The highest BCUT2D eigenvalue weighted by Gasteiger charge is 2.20. The van der Waals surface area contributed by atoms with E-state index in [4.69, 9.17) is 0 Å². The summed E-state index contributed by atoms with van der Waals surface area (Å²) in [4.78, 5) is 0. The summed E-state index contributed by atoms with van der Waals surface area (Å²) >= 11 is 0. The molecule has 1 unspecified atom stereocenters. The topological polar surface area (TPSA) is 0 Å². The molecule has 0 saturated carbocycles. The monoisotopic (exact) mass is 154 g/mol. The minimum atomic E-state index is -1.45. The first-order valence-corrected chi connectivity index (χ1v) is 3.95. The van der Waals surface area contributed by atoms with Gasteiger partial charge in [-0.3, -0.25) is 0 Å². The van der Waals surface area contributed by atoms with Crippen LogP contribution in [-0.4, -0.2) is 5.67 Å². The molecule has 0 aliphatic heterocycles. The third kappa shape index (κ3) is 3.83. The number of hydrogen-bond acceptors (Lipinski definition) is 0. The molecule has 1 atom stereocenters. The predicted molar refractivity (Wildman–Crippen MR) is 47.0 cm³/mol. The molecule has 11 heavy (non-hydrogen) atoms. The summed E-state index contributed by atoms with van der Waals surface area (Å²) < 4.78 is 13.4. The van der Waals surface area contributed by atoms with Gasteiger partial charge in [0.05, 0.1) is 0 Å². The van der Waals surface area contributed by atoms with E-state index in [0.717, 1.165) is 12.8 Å². The van der Waals surface area contributed by atoms with Crippen LogP contribution < -0.4 is 0 Å². The van der Waals surface area contributed by atoms with Gasteiger partial charge in [0.15, 0.2) is 5.67 Å². The van der Waals surface area contributed by atoms with Gasteiger partial charge < -0.3 is 0 Å². The molecule has 0 aromatic carbocycles. The summed E-state index contributed by atoms with van der Waals surface area (Å²) in [6.45, 7) is 7.10. The summed E-state index contributed by atoms with van der Waals surface area (Å²) in [6.07, 6.45) is 3.61. The van der Waals surface area contributed by atoms with Crippen LogP contribution in [0.4, 0.5) is 4.39 Å². The highest BCUT2D eigenvalue weighted by Crippen LogP contribution is 2.19. The fourth-order valence-corrected chi connectivity index (χ4v) is 0.857. The Labute approximate surface area is 68.5 Å². The Morgan fingerprint density at radius 2 is 2.27 bits per heavy atom. The number of unbranched alkanes of at least 4 members (excludes halogenated alkanes) is 1. The zero-order valence-corrected chi connectivity index (χ0v) is 7.28. The Hall–Kier alpha value is -0.770. The van der Waals surface area contributed by atoms with Crippen molar-refractivity contribution in [1.82, 2.24) is 0 Å². The molecule has 0 aromatic heterocycles. The van der Waals surface area contributed by atoms with Crippen molar-refractivity contribution in [3.05, 3.63) is 12.7 Å². The quantitative estimate of drug-likeness (QED) is 0.431. The van der Waals surface area contributed by atoms with Crippen LogP contribution in [0.15, 0.2) is 12.7 Å². The molecular formula is C10H15F. The molecule has 0 radical (unpaired) electrons. The molecule has 0 aromatic rings. The second-order valence-corrected chi connectivity index (χ2v) is 2.55. The third-order valence-corrected chi connectivity index (χ3v) is 1.55. The normalized spacial score (nSPS) is 14.5. The molecule has 0 amide bonds. The van der Waals surface area contributed by atoms with Crippen LogP contribution in [0.5, 0.6) is 0 Å². The standard InChI is InChI=1S/C10H15F/c1-4-7-9-10(11,6-3)8-5-2/h6H,3-4,7,9H2,1-2H3. The van der Waals surface area contributed by atoms with Gasteiger partial charge >= 0.3 is 0 Å². The molecule has 62 valence electrons. The summed E-state index contributed by atoms with van der Waals surface area (Å²) in [5.74, 6) is 5.08. The zero-order valence-electron chi connectivity index (χ0n) is 7.28. The van der Waals surface area contributed by atoms with Crippen LogP contribution in [0.3, 0.4) is 0 Å². The first kappa shape index (κ1) is 10.2. The van der Waals surface area contributed by atoms with Crippen molar-refractivity contribution in [2.75, 3.05) is 0 Å². The molecule has 0 aliphatic carbocycles. The number of alkyl halides is 1. The van der Waals surface area contributed by atoms with Gasteiger partial charge in [0.1, 0.15) is 0 Å². The minimum absolute atomic E-state index is 0.466. The van der Waals surface area contributed by atoms with Gasteiger partial charge in [-0.05, 0) is 25.8 Å². The SMILES string of the molecule is C=CC(F)(C#CC)CCCC. The van der Waals surface area contributed by atoms with Crippen LogP contribution in [0.1, 0.15) is 33.1 Å². The highest BCUT2D eigenvalue weighted by molar-refractivity contribution is 5.20. The van der Waals surface area contributed by atoms with Crippen LogP contribution in [0.2, 0.25) is 0 Å². The van der Waals surface area contributed by atoms with E-state index < -0.39 is 5.67 Å².